The molecule has 13 heavy (non-hydrogen) atoms. The van der Waals surface area contributed by atoms with Crippen molar-refractivity contribution in [3.63, 3.8) is 0 Å². The number of imidazole rings is 1. The van der Waals surface area contributed by atoms with Crippen LogP contribution < -0.4 is 5.69 Å². The molecule has 2 aromatic rings. The van der Waals surface area contributed by atoms with E-state index >= 15 is 0 Å². The van der Waals surface area contributed by atoms with Crippen molar-refractivity contribution in [2.75, 3.05) is 0 Å². The molecule has 0 saturated heterocycles. The Kier molecular flexibility index (Phi) is 2.06. The van der Waals surface area contributed by atoms with E-state index in [1.807, 2.05) is 23.7 Å². The Labute approximate surface area is 79.9 Å². The summed E-state index contributed by atoms with van der Waals surface area (Å²) < 4.78 is 3.28. The summed E-state index contributed by atoms with van der Waals surface area (Å²) >= 11 is 1.67. The van der Waals surface area contributed by atoms with Crippen molar-refractivity contribution in [2.45, 2.75) is 6.54 Å². The lowest BCUT2D eigenvalue weighted by atomic mass is 10.5. The average molecular weight is 194 g/mol. The summed E-state index contributed by atoms with van der Waals surface area (Å²) in [5.41, 5.74) is 0.0356. The van der Waals surface area contributed by atoms with Gasteiger partial charge in [-0.2, -0.15) is 0 Å². The molecule has 0 atom stereocenters. The molecule has 0 aliphatic heterocycles. The zero-order valence-electron chi connectivity index (χ0n) is 7.30. The first kappa shape index (κ1) is 8.31. The molecule has 68 valence electrons. The normalized spacial score (nSPS) is 10.5. The van der Waals surface area contributed by atoms with E-state index in [9.17, 15) is 4.79 Å². The summed E-state index contributed by atoms with van der Waals surface area (Å²) in [6.45, 7) is 0.678. The van der Waals surface area contributed by atoms with Gasteiger partial charge in [0.15, 0.2) is 0 Å². The highest BCUT2D eigenvalue weighted by Crippen LogP contribution is 2.08. The molecule has 2 aromatic heterocycles. The van der Waals surface area contributed by atoms with Crippen molar-refractivity contribution in [3.05, 3.63) is 45.3 Å². The van der Waals surface area contributed by atoms with Crippen LogP contribution in [-0.4, -0.2) is 9.13 Å². The van der Waals surface area contributed by atoms with Crippen molar-refractivity contribution in [3.8, 4) is 0 Å². The monoisotopic (exact) mass is 194 g/mol. The third-order valence-electron chi connectivity index (χ3n) is 1.92. The zero-order chi connectivity index (χ0) is 9.26. The van der Waals surface area contributed by atoms with Gasteiger partial charge in [0.1, 0.15) is 0 Å². The number of hydrogen-bond donors (Lipinski definition) is 0. The third-order valence-corrected chi connectivity index (χ3v) is 2.79. The van der Waals surface area contributed by atoms with Gasteiger partial charge in [-0.05, 0) is 11.4 Å². The molecule has 4 heteroatoms. The average Bonchev–Trinajstić information content (AvgIpc) is 2.71. The van der Waals surface area contributed by atoms with E-state index in [4.69, 9.17) is 0 Å². The summed E-state index contributed by atoms with van der Waals surface area (Å²) in [6, 6.07) is 4.03. The molecule has 0 radical (unpaired) electrons. The molecule has 0 aliphatic carbocycles. The van der Waals surface area contributed by atoms with Gasteiger partial charge in [-0.3, -0.25) is 4.57 Å². The Morgan fingerprint density at radius 1 is 1.46 bits per heavy atom. The van der Waals surface area contributed by atoms with Gasteiger partial charge in [-0.15, -0.1) is 11.3 Å². The van der Waals surface area contributed by atoms with Crippen LogP contribution >= 0.6 is 11.3 Å². The van der Waals surface area contributed by atoms with Gasteiger partial charge in [-0.25, -0.2) is 4.79 Å². The predicted octanol–water partition coefficient (Wildman–Crippen LogP) is 1.30. The maximum Gasteiger partial charge on any atom is 0.328 e. The fourth-order valence-electron chi connectivity index (χ4n) is 1.20. The molecular formula is C9H10N2OS. The Balaban J connectivity index is 2.29. The number of aryl methyl sites for hydroxylation is 1. The number of aromatic nitrogens is 2. The number of rotatable bonds is 2. The minimum absolute atomic E-state index is 0.0356. The summed E-state index contributed by atoms with van der Waals surface area (Å²) in [5.74, 6) is 0. The quantitative estimate of drug-likeness (QED) is 0.708. The standard InChI is InChI=1S/C9H10N2OS/c1-10-4-5-11(9(10)12)7-8-3-2-6-13-8/h2-6H,7H2,1H3. The third kappa shape index (κ3) is 1.58. The van der Waals surface area contributed by atoms with Crippen LogP contribution in [0, 0.1) is 0 Å². The molecule has 0 fully saturated rings. The van der Waals surface area contributed by atoms with Crippen LogP contribution in [0.15, 0.2) is 34.7 Å². The van der Waals surface area contributed by atoms with Crippen LogP contribution in [0.2, 0.25) is 0 Å². The summed E-state index contributed by atoms with van der Waals surface area (Å²) in [4.78, 5) is 12.6. The number of nitrogens with zero attached hydrogens (tertiary/aromatic N) is 2. The van der Waals surface area contributed by atoms with Crippen molar-refractivity contribution in [1.82, 2.24) is 9.13 Å². The molecule has 0 saturated carbocycles. The molecule has 0 bridgehead atoms. The van der Waals surface area contributed by atoms with Crippen LogP contribution in [0.3, 0.4) is 0 Å². The van der Waals surface area contributed by atoms with Gasteiger partial charge in [0.05, 0.1) is 6.54 Å². The van der Waals surface area contributed by atoms with Crippen LogP contribution in [0.4, 0.5) is 0 Å². The topological polar surface area (TPSA) is 26.9 Å². The summed E-state index contributed by atoms with van der Waals surface area (Å²) in [7, 11) is 1.76. The van der Waals surface area contributed by atoms with E-state index in [1.165, 1.54) is 4.88 Å². The molecule has 0 amide bonds. The molecule has 0 aliphatic rings. The Morgan fingerprint density at radius 3 is 2.85 bits per heavy atom. The predicted molar refractivity (Wildman–Crippen MR) is 53.1 cm³/mol. The highest BCUT2D eigenvalue weighted by Gasteiger charge is 2.00. The molecule has 2 rings (SSSR count). The second-order valence-electron chi connectivity index (χ2n) is 2.90. The van der Waals surface area contributed by atoms with Gasteiger partial charge in [0, 0.05) is 24.3 Å². The van der Waals surface area contributed by atoms with Gasteiger partial charge >= 0.3 is 5.69 Å². The highest BCUT2D eigenvalue weighted by molar-refractivity contribution is 7.09. The smallest absolute Gasteiger partial charge is 0.302 e. The number of hydrogen-bond acceptors (Lipinski definition) is 2. The van der Waals surface area contributed by atoms with E-state index in [1.54, 1.807) is 33.7 Å². The van der Waals surface area contributed by atoms with Gasteiger partial charge in [-0.1, -0.05) is 6.07 Å². The molecule has 0 aromatic carbocycles. The fraction of sp³-hybridized carbons (Fsp3) is 0.222. The van der Waals surface area contributed by atoms with Crippen molar-refractivity contribution in [2.24, 2.45) is 7.05 Å². The second kappa shape index (κ2) is 3.22. The number of thiophene rings is 1. The van der Waals surface area contributed by atoms with Crippen LogP contribution in [0.1, 0.15) is 4.88 Å². The summed E-state index contributed by atoms with van der Waals surface area (Å²) in [5, 5.41) is 2.02. The lowest BCUT2D eigenvalue weighted by Gasteiger charge is -1.96. The first-order chi connectivity index (χ1) is 6.27. The first-order valence-electron chi connectivity index (χ1n) is 4.01. The SMILES string of the molecule is Cn1ccn(Cc2cccs2)c1=O. The van der Waals surface area contributed by atoms with E-state index in [2.05, 4.69) is 0 Å². The minimum Gasteiger partial charge on any atom is -0.302 e. The van der Waals surface area contributed by atoms with Gasteiger partial charge < -0.3 is 4.57 Å². The highest BCUT2D eigenvalue weighted by atomic mass is 32.1. The molecule has 3 nitrogen and oxygen atoms in total. The van der Waals surface area contributed by atoms with E-state index in [0.717, 1.165) is 0 Å². The molecule has 0 N–H and O–H groups in total. The van der Waals surface area contributed by atoms with Crippen molar-refractivity contribution >= 4 is 11.3 Å². The second-order valence-corrected chi connectivity index (χ2v) is 3.93. The maximum absolute atomic E-state index is 11.4. The lowest BCUT2D eigenvalue weighted by molar-refractivity contribution is 0.724. The Bertz CT molecular complexity index is 438. The molecular weight excluding hydrogens is 184 g/mol. The van der Waals surface area contributed by atoms with Crippen molar-refractivity contribution < 1.29 is 0 Å². The Hall–Kier alpha value is -1.29. The first-order valence-corrected chi connectivity index (χ1v) is 4.89. The van der Waals surface area contributed by atoms with Gasteiger partial charge in [0.25, 0.3) is 0 Å². The maximum atomic E-state index is 11.4. The molecule has 0 spiro atoms. The zero-order valence-corrected chi connectivity index (χ0v) is 8.12. The van der Waals surface area contributed by atoms with E-state index < -0.39 is 0 Å². The molecule has 0 unspecified atom stereocenters. The minimum atomic E-state index is 0.0356. The Morgan fingerprint density at radius 2 is 2.31 bits per heavy atom. The van der Waals surface area contributed by atoms with Crippen molar-refractivity contribution in [1.29, 1.82) is 0 Å². The largest absolute Gasteiger partial charge is 0.328 e. The summed E-state index contributed by atoms with van der Waals surface area (Å²) in [6.07, 6.45) is 3.58. The van der Waals surface area contributed by atoms with Crippen LogP contribution in [0.5, 0.6) is 0 Å². The fourth-order valence-corrected chi connectivity index (χ4v) is 1.90. The van der Waals surface area contributed by atoms with Crippen LogP contribution in [-0.2, 0) is 13.6 Å². The van der Waals surface area contributed by atoms with Gasteiger partial charge in [0.2, 0.25) is 0 Å². The molecule has 2 heterocycles. The van der Waals surface area contributed by atoms with E-state index in [-0.39, 0.29) is 5.69 Å². The van der Waals surface area contributed by atoms with Crippen LogP contribution in [0.25, 0.3) is 0 Å². The lowest BCUT2D eigenvalue weighted by Crippen LogP contribution is -2.21. The van der Waals surface area contributed by atoms with E-state index in [0.29, 0.717) is 6.54 Å².